The lowest BCUT2D eigenvalue weighted by Gasteiger charge is -2.46. The first kappa shape index (κ1) is 22.9. The average Bonchev–Trinajstić information content (AvgIpc) is 2.69. The Hall–Kier alpha value is -2.39. The molecule has 29 heavy (non-hydrogen) atoms. The Kier molecular flexibility index (Phi) is 7.42. The van der Waals surface area contributed by atoms with Gasteiger partial charge in [0.15, 0.2) is 5.54 Å². The van der Waals surface area contributed by atoms with Crippen LogP contribution in [0.1, 0.15) is 41.0 Å². The molecule has 0 spiro atoms. The van der Waals surface area contributed by atoms with E-state index in [0.29, 0.717) is 6.42 Å². The summed E-state index contributed by atoms with van der Waals surface area (Å²) >= 11 is 0. The van der Waals surface area contributed by atoms with Gasteiger partial charge in [-0.15, -0.1) is 0 Å². The van der Waals surface area contributed by atoms with Gasteiger partial charge in [-0.2, -0.15) is 4.99 Å². The van der Waals surface area contributed by atoms with Crippen LogP contribution in [0.25, 0.3) is 0 Å². The molecule has 152 valence electrons. The second-order valence-electron chi connectivity index (χ2n) is 8.51. The van der Waals surface area contributed by atoms with Crippen molar-refractivity contribution in [2.75, 3.05) is 0 Å². The first-order valence-corrected chi connectivity index (χ1v) is 12.0. The maximum atomic E-state index is 11.2. The van der Waals surface area contributed by atoms with Crippen LogP contribution < -0.4 is 10.4 Å². The van der Waals surface area contributed by atoms with E-state index in [-0.39, 0.29) is 11.1 Å². The number of hydrogen-bond acceptors (Lipinski definition) is 3. The van der Waals surface area contributed by atoms with Gasteiger partial charge in [-0.3, -0.25) is 0 Å². The highest BCUT2D eigenvalue weighted by Crippen LogP contribution is 2.40. The van der Waals surface area contributed by atoms with Crippen molar-refractivity contribution < 1.29 is 9.22 Å². The van der Waals surface area contributed by atoms with Crippen molar-refractivity contribution in [3.8, 4) is 0 Å². The van der Waals surface area contributed by atoms with Gasteiger partial charge in [0.2, 0.25) is 6.08 Å². The molecule has 0 N–H and O–H groups in total. The first-order valence-electron chi connectivity index (χ1n) is 10.1. The van der Waals surface area contributed by atoms with Gasteiger partial charge in [-0.1, -0.05) is 88.4 Å². The SMILES string of the molecule is C=C[CH+][C@](C)(N=C=O)[C@@H](CC)O[Si](c1ccccc1)(c1ccccc1)C(C)(C)C. The minimum absolute atomic E-state index is 0.150. The topological polar surface area (TPSA) is 38.7 Å². The van der Waals surface area contributed by atoms with E-state index >= 15 is 0 Å². The van der Waals surface area contributed by atoms with E-state index in [1.165, 1.54) is 10.4 Å². The van der Waals surface area contributed by atoms with Crippen molar-refractivity contribution in [1.29, 1.82) is 0 Å². The third-order valence-corrected chi connectivity index (χ3v) is 10.5. The van der Waals surface area contributed by atoms with Crippen LogP contribution in [0, 0.1) is 6.42 Å². The van der Waals surface area contributed by atoms with E-state index in [1.807, 2.05) is 25.5 Å². The summed E-state index contributed by atoms with van der Waals surface area (Å²) < 4.78 is 7.18. The number of rotatable bonds is 9. The quantitative estimate of drug-likeness (QED) is 0.259. The molecule has 0 bridgehead atoms. The zero-order valence-electron chi connectivity index (χ0n) is 18.2. The summed E-state index contributed by atoms with van der Waals surface area (Å²) in [5, 5.41) is 2.25. The Morgan fingerprint density at radius 2 is 1.55 bits per heavy atom. The molecular formula is C25H32NO2Si+. The third-order valence-electron chi connectivity index (χ3n) is 5.50. The fraction of sp³-hybridized carbons (Fsp3) is 0.360. The van der Waals surface area contributed by atoms with Gasteiger partial charge in [-0.25, -0.2) is 4.79 Å². The van der Waals surface area contributed by atoms with E-state index in [9.17, 15) is 4.79 Å². The monoisotopic (exact) mass is 406 g/mol. The van der Waals surface area contributed by atoms with Crippen molar-refractivity contribution in [2.45, 2.75) is 57.7 Å². The molecule has 0 saturated carbocycles. The number of carbonyl (C=O) groups excluding carboxylic acids is 1. The standard InChI is InChI=1S/C25H32NO2Si/c1-7-19-25(6,26-20-27)23(8-2)28-29(24(3,4)5,21-15-11-9-12-16-21)22-17-13-10-14-18-22/h7,9-19,23H,1,8H2,2-6H3/q+1/t23-,25+/m1/s1. The van der Waals surface area contributed by atoms with E-state index < -0.39 is 13.9 Å². The van der Waals surface area contributed by atoms with Gasteiger partial charge in [0.1, 0.15) is 0 Å². The molecular weight excluding hydrogens is 374 g/mol. The van der Waals surface area contributed by atoms with Crippen LogP contribution in [0.2, 0.25) is 5.04 Å². The maximum absolute atomic E-state index is 11.2. The summed E-state index contributed by atoms with van der Waals surface area (Å²) in [5.74, 6) is 0. The second kappa shape index (κ2) is 9.40. The van der Waals surface area contributed by atoms with Crippen LogP contribution in [0.3, 0.4) is 0 Å². The summed E-state index contributed by atoms with van der Waals surface area (Å²) in [6.45, 7) is 14.5. The maximum Gasteiger partial charge on any atom is 0.261 e. The summed E-state index contributed by atoms with van der Waals surface area (Å²) in [6.07, 6.45) is 5.67. The molecule has 2 aromatic rings. The van der Waals surface area contributed by atoms with Gasteiger partial charge < -0.3 is 4.43 Å². The van der Waals surface area contributed by atoms with Crippen LogP contribution >= 0.6 is 0 Å². The first-order chi connectivity index (χ1) is 13.7. The highest BCUT2D eigenvalue weighted by Gasteiger charge is 2.54. The molecule has 0 aliphatic carbocycles. The zero-order valence-corrected chi connectivity index (χ0v) is 19.2. The van der Waals surface area contributed by atoms with Crippen LogP contribution in [0.5, 0.6) is 0 Å². The molecule has 2 aromatic carbocycles. The summed E-state index contributed by atoms with van der Waals surface area (Å²) in [7, 11) is -2.75. The normalized spacial score (nSPS) is 14.9. The van der Waals surface area contributed by atoms with Crippen molar-refractivity contribution >= 4 is 24.8 Å². The van der Waals surface area contributed by atoms with Crippen molar-refractivity contribution in [1.82, 2.24) is 0 Å². The van der Waals surface area contributed by atoms with Crippen LogP contribution in [-0.4, -0.2) is 26.0 Å². The predicted molar refractivity (Wildman–Crippen MR) is 124 cm³/mol. The molecule has 0 radical (unpaired) electrons. The fourth-order valence-electron chi connectivity index (χ4n) is 4.07. The van der Waals surface area contributed by atoms with Crippen molar-refractivity contribution in [2.24, 2.45) is 4.99 Å². The Bertz CT molecular complexity index is 799. The highest BCUT2D eigenvalue weighted by molar-refractivity contribution is 6.99. The summed E-state index contributed by atoms with van der Waals surface area (Å²) in [5.41, 5.74) is -0.828. The van der Waals surface area contributed by atoms with Crippen molar-refractivity contribution in [3.63, 3.8) is 0 Å². The van der Waals surface area contributed by atoms with E-state index in [0.717, 1.165) is 0 Å². The summed E-state index contributed by atoms with van der Waals surface area (Å²) in [6, 6.07) is 21.0. The molecule has 4 heteroatoms. The molecule has 0 saturated heterocycles. The third kappa shape index (κ3) is 4.62. The number of nitrogens with zero attached hydrogens (tertiary/aromatic N) is 1. The second-order valence-corrected chi connectivity index (χ2v) is 12.8. The molecule has 0 amide bonds. The van der Waals surface area contributed by atoms with Crippen molar-refractivity contribution in [3.05, 3.63) is 79.7 Å². The van der Waals surface area contributed by atoms with Crippen LogP contribution in [0.4, 0.5) is 0 Å². The Morgan fingerprint density at radius 3 is 1.90 bits per heavy atom. The molecule has 0 aromatic heterocycles. The minimum atomic E-state index is -2.75. The van der Waals surface area contributed by atoms with Crippen LogP contribution in [-0.2, 0) is 9.22 Å². The fourth-order valence-corrected chi connectivity index (χ4v) is 8.92. The minimum Gasteiger partial charge on any atom is -0.400 e. The van der Waals surface area contributed by atoms with Gasteiger partial charge in [0.05, 0.1) is 18.6 Å². The average molecular weight is 407 g/mol. The molecule has 0 heterocycles. The predicted octanol–water partition coefficient (Wildman–Crippen LogP) is 4.83. The van der Waals surface area contributed by atoms with Gasteiger partial charge >= 0.3 is 0 Å². The molecule has 0 fully saturated rings. The molecule has 0 unspecified atom stereocenters. The molecule has 0 aliphatic rings. The van der Waals surface area contributed by atoms with E-state index in [4.69, 9.17) is 4.43 Å². The smallest absolute Gasteiger partial charge is 0.261 e. The summed E-state index contributed by atoms with van der Waals surface area (Å²) in [4.78, 5) is 15.4. The van der Waals surface area contributed by atoms with Gasteiger partial charge in [-0.05, 0) is 28.8 Å². The number of hydrogen-bond donors (Lipinski definition) is 0. The largest absolute Gasteiger partial charge is 0.400 e. The molecule has 2 rings (SSSR count). The Balaban J connectivity index is 2.76. The van der Waals surface area contributed by atoms with Crippen LogP contribution in [0.15, 0.2) is 78.3 Å². The lowest BCUT2D eigenvalue weighted by atomic mass is 9.90. The van der Waals surface area contributed by atoms with Gasteiger partial charge in [0.25, 0.3) is 8.32 Å². The Labute approximate surface area is 176 Å². The molecule has 3 nitrogen and oxygen atoms in total. The number of isocyanates is 1. The van der Waals surface area contributed by atoms with E-state index in [1.54, 1.807) is 12.2 Å². The Morgan fingerprint density at radius 1 is 1.07 bits per heavy atom. The zero-order chi connectivity index (χ0) is 21.5. The highest BCUT2D eigenvalue weighted by atomic mass is 28.4. The lowest BCUT2D eigenvalue weighted by Crippen LogP contribution is -2.69. The lowest BCUT2D eigenvalue weighted by molar-refractivity contribution is 0.123. The molecule has 2 atom stereocenters. The number of aliphatic imine (C=N–C) groups is 1. The van der Waals surface area contributed by atoms with Gasteiger partial charge in [0, 0.05) is 6.58 Å². The molecule has 0 aliphatic heterocycles. The van der Waals surface area contributed by atoms with E-state index in [2.05, 4.69) is 87.8 Å². The number of benzene rings is 2.